The molecule has 24 heavy (non-hydrogen) atoms. The van der Waals surface area contributed by atoms with Crippen molar-refractivity contribution in [3.05, 3.63) is 0 Å². The van der Waals surface area contributed by atoms with Crippen molar-refractivity contribution in [3.8, 4) is 0 Å². The molecule has 7 nitrogen and oxygen atoms in total. The molecule has 3 N–H and O–H groups in total. The highest BCUT2D eigenvalue weighted by atomic mass is 16.5. The molecule has 0 aromatic heterocycles. The molecule has 140 valence electrons. The Balaban J connectivity index is 2.34. The van der Waals surface area contributed by atoms with Crippen LogP contribution in [0.1, 0.15) is 39.0 Å². The molecular formula is C17H34N4O3. The van der Waals surface area contributed by atoms with Gasteiger partial charge in [-0.15, -0.1) is 0 Å². The summed E-state index contributed by atoms with van der Waals surface area (Å²) in [6, 6.07) is 0. The highest BCUT2D eigenvalue weighted by Crippen LogP contribution is 2.19. The van der Waals surface area contributed by atoms with Gasteiger partial charge < -0.3 is 25.4 Å². The van der Waals surface area contributed by atoms with E-state index in [2.05, 4.69) is 17.1 Å². The van der Waals surface area contributed by atoms with Gasteiger partial charge in [-0.3, -0.25) is 9.79 Å². The predicted octanol–water partition coefficient (Wildman–Crippen LogP) is 0.983. The highest BCUT2D eigenvalue weighted by Gasteiger charge is 2.23. The lowest BCUT2D eigenvalue weighted by Crippen LogP contribution is -2.47. The lowest BCUT2D eigenvalue weighted by molar-refractivity contribution is -0.119. The average molecular weight is 342 g/mol. The third-order valence-electron chi connectivity index (χ3n) is 4.03. The average Bonchev–Trinajstić information content (AvgIpc) is 2.56. The zero-order valence-electron chi connectivity index (χ0n) is 15.3. The number of carbonyl (C=O) groups is 1. The van der Waals surface area contributed by atoms with Crippen molar-refractivity contribution in [2.45, 2.75) is 39.0 Å². The van der Waals surface area contributed by atoms with E-state index in [-0.39, 0.29) is 5.91 Å². The summed E-state index contributed by atoms with van der Waals surface area (Å²) in [5.74, 6) is 1.08. The largest absolute Gasteiger partial charge is 0.382 e. The first-order valence-electron chi connectivity index (χ1n) is 9.05. The smallest absolute Gasteiger partial charge is 0.217 e. The third kappa shape index (κ3) is 9.08. The molecule has 1 amide bonds. The van der Waals surface area contributed by atoms with Crippen molar-refractivity contribution in [1.29, 1.82) is 0 Å². The molecule has 0 radical (unpaired) electrons. The van der Waals surface area contributed by atoms with Gasteiger partial charge >= 0.3 is 0 Å². The number of amides is 1. The Bertz CT molecular complexity index is 377. The molecule has 1 saturated heterocycles. The van der Waals surface area contributed by atoms with E-state index in [1.165, 1.54) is 0 Å². The number of nitrogens with one attached hydrogen (secondary N) is 1. The lowest BCUT2D eigenvalue weighted by atomic mass is 9.95. The summed E-state index contributed by atoms with van der Waals surface area (Å²) < 4.78 is 10.4. The second kappa shape index (κ2) is 13.0. The maximum Gasteiger partial charge on any atom is 0.217 e. The van der Waals surface area contributed by atoms with Gasteiger partial charge in [0.05, 0.1) is 13.2 Å². The number of ether oxygens (including phenoxy) is 2. The predicted molar refractivity (Wildman–Crippen MR) is 96.0 cm³/mol. The molecule has 1 aliphatic rings. The van der Waals surface area contributed by atoms with Gasteiger partial charge in [0, 0.05) is 46.3 Å². The van der Waals surface area contributed by atoms with Gasteiger partial charge in [-0.05, 0) is 38.5 Å². The van der Waals surface area contributed by atoms with Crippen LogP contribution in [-0.4, -0.2) is 69.9 Å². The molecule has 0 aromatic carbocycles. The molecule has 1 unspecified atom stereocenters. The molecule has 1 fully saturated rings. The topological polar surface area (TPSA) is 89.2 Å². The summed E-state index contributed by atoms with van der Waals surface area (Å²) in [6.45, 7) is 7.59. The second-order valence-corrected chi connectivity index (χ2v) is 6.17. The number of nitrogens with two attached hydrogens (primary N) is 1. The van der Waals surface area contributed by atoms with Gasteiger partial charge in [-0.25, -0.2) is 0 Å². The van der Waals surface area contributed by atoms with Crippen LogP contribution >= 0.6 is 0 Å². The minimum Gasteiger partial charge on any atom is -0.382 e. The molecule has 7 heteroatoms. The fourth-order valence-corrected chi connectivity index (χ4v) is 2.88. The number of hydrogen-bond acceptors (Lipinski definition) is 4. The number of primary amides is 1. The summed E-state index contributed by atoms with van der Waals surface area (Å²) >= 11 is 0. The van der Waals surface area contributed by atoms with Crippen molar-refractivity contribution in [2.75, 3.05) is 53.1 Å². The number of nitrogens with zero attached hydrogens (tertiary/aromatic N) is 2. The van der Waals surface area contributed by atoms with Gasteiger partial charge in [0.15, 0.2) is 5.96 Å². The molecule has 1 rings (SSSR count). The highest BCUT2D eigenvalue weighted by molar-refractivity contribution is 5.80. The monoisotopic (exact) mass is 342 g/mol. The summed E-state index contributed by atoms with van der Waals surface area (Å²) in [5.41, 5.74) is 5.34. The number of rotatable bonds is 11. The van der Waals surface area contributed by atoms with Crippen LogP contribution in [0.5, 0.6) is 0 Å². The molecule has 0 saturated carbocycles. The van der Waals surface area contributed by atoms with Gasteiger partial charge in [-0.1, -0.05) is 0 Å². The van der Waals surface area contributed by atoms with E-state index in [9.17, 15) is 4.79 Å². The van der Waals surface area contributed by atoms with Crippen molar-refractivity contribution in [3.63, 3.8) is 0 Å². The van der Waals surface area contributed by atoms with Crippen LogP contribution in [0.4, 0.5) is 0 Å². The van der Waals surface area contributed by atoms with E-state index < -0.39 is 0 Å². The van der Waals surface area contributed by atoms with Crippen LogP contribution in [0.2, 0.25) is 0 Å². The number of likely N-dealkylation sites (tertiary alicyclic amines) is 1. The normalized spacial score (nSPS) is 18.7. The van der Waals surface area contributed by atoms with Crippen LogP contribution in [0, 0.1) is 5.92 Å². The lowest BCUT2D eigenvalue weighted by Gasteiger charge is -2.34. The van der Waals surface area contributed by atoms with Crippen LogP contribution in [0.3, 0.4) is 0 Å². The number of piperidine rings is 1. The fraction of sp³-hybridized carbons (Fsp3) is 0.882. The molecule has 0 aromatic rings. The third-order valence-corrected chi connectivity index (χ3v) is 4.03. The molecule has 1 atom stereocenters. The van der Waals surface area contributed by atoms with Crippen molar-refractivity contribution in [2.24, 2.45) is 16.6 Å². The number of aliphatic imine (C=N–C) groups is 1. The van der Waals surface area contributed by atoms with Gasteiger partial charge in [0.2, 0.25) is 5.91 Å². The summed E-state index contributed by atoms with van der Waals surface area (Å²) in [7, 11) is 1.68. The minimum absolute atomic E-state index is 0.211. The number of carbonyl (C=O) groups excluding carboxylic acids is 1. The van der Waals surface area contributed by atoms with E-state index in [1.807, 2.05) is 0 Å². The van der Waals surface area contributed by atoms with E-state index in [1.54, 1.807) is 7.11 Å². The number of hydrogen-bond donors (Lipinski definition) is 2. The molecule has 1 aliphatic heterocycles. The number of methoxy groups -OCH3 is 1. The maximum atomic E-state index is 11.1. The fourth-order valence-electron chi connectivity index (χ4n) is 2.88. The molecular weight excluding hydrogens is 308 g/mol. The van der Waals surface area contributed by atoms with E-state index in [4.69, 9.17) is 20.2 Å². The first-order valence-corrected chi connectivity index (χ1v) is 9.05. The van der Waals surface area contributed by atoms with Gasteiger partial charge in [-0.2, -0.15) is 0 Å². The Morgan fingerprint density at radius 2 is 2.17 bits per heavy atom. The number of guanidine groups is 1. The van der Waals surface area contributed by atoms with Crippen molar-refractivity contribution >= 4 is 11.9 Å². The zero-order chi connectivity index (χ0) is 17.6. The Morgan fingerprint density at radius 1 is 1.33 bits per heavy atom. The maximum absolute atomic E-state index is 11.1. The van der Waals surface area contributed by atoms with E-state index >= 15 is 0 Å². The zero-order valence-corrected chi connectivity index (χ0v) is 15.3. The van der Waals surface area contributed by atoms with Crippen molar-refractivity contribution < 1.29 is 14.3 Å². The summed E-state index contributed by atoms with van der Waals surface area (Å²) in [6.07, 6.45) is 4.61. The van der Waals surface area contributed by atoms with Crippen LogP contribution in [-0.2, 0) is 14.3 Å². The van der Waals surface area contributed by atoms with E-state index in [0.717, 1.165) is 64.4 Å². The first-order chi connectivity index (χ1) is 11.7. The Morgan fingerprint density at radius 3 is 2.88 bits per heavy atom. The molecule has 1 heterocycles. The molecule has 0 bridgehead atoms. The van der Waals surface area contributed by atoms with Crippen molar-refractivity contribution in [1.82, 2.24) is 10.2 Å². The summed E-state index contributed by atoms with van der Waals surface area (Å²) in [5, 5.41) is 3.36. The van der Waals surface area contributed by atoms with Crippen LogP contribution in [0.15, 0.2) is 4.99 Å². The Labute approximate surface area is 146 Å². The van der Waals surface area contributed by atoms with Gasteiger partial charge in [0.1, 0.15) is 0 Å². The van der Waals surface area contributed by atoms with E-state index in [0.29, 0.717) is 25.6 Å². The van der Waals surface area contributed by atoms with Crippen LogP contribution < -0.4 is 11.1 Å². The van der Waals surface area contributed by atoms with Gasteiger partial charge in [0.25, 0.3) is 0 Å². The number of unbranched alkanes of at least 4 members (excludes halogenated alkanes) is 1. The first kappa shape index (κ1) is 20.7. The summed E-state index contributed by atoms with van der Waals surface area (Å²) in [4.78, 5) is 18.1. The van der Waals surface area contributed by atoms with Crippen LogP contribution in [0.25, 0.3) is 0 Å². The standard InChI is InChI=1S/C17H34N4O3/c1-3-19-17(20-8-4-5-10-24-12-11-23-2)21-9-6-7-15(14-21)13-16(18)22/h15H,3-14H2,1-2H3,(H2,18,22)(H,19,20). The Kier molecular flexibility index (Phi) is 11.2. The minimum atomic E-state index is -0.211. The molecule has 0 spiro atoms. The SMILES string of the molecule is CCNC(=NCCCCOCCOC)N1CCCC(CC(N)=O)C1. The molecule has 0 aliphatic carbocycles. The quantitative estimate of drug-likeness (QED) is 0.332. The Hall–Kier alpha value is -1.34. The second-order valence-electron chi connectivity index (χ2n) is 6.17.